The van der Waals surface area contributed by atoms with Crippen LogP contribution in [0, 0.1) is 6.92 Å². The number of amides is 2. The number of carbonyl (C=O) groups excluding carboxylic acids is 2. The summed E-state index contributed by atoms with van der Waals surface area (Å²) in [6.45, 7) is 1.76. The van der Waals surface area contributed by atoms with E-state index < -0.39 is 5.91 Å². The number of phenolic OH excluding ortho intramolecular Hbond substituents is 1. The van der Waals surface area contributed by atoms with Crippen molar-refractivity contribution in [3.05, 3.63) is 83.9 Å². The minimum Gasteiger partial charge on any atom is -0.507 e. The number of rotatable bonds is 5. The van der Waals surface area contributed by atoms with Crippen LogP contribution in [0.25, 0.3) is 10.9 Å². The van der Waals surface area contributed by atoms with E-state index in [0.29, 0.717) is 16.6 Å². The van der Waals surface area contributed by atoms with Gasteiger partial charge in [0, 0.05) is 11.1 Å². The summed E-state index contributed by atoms with van der Waals surface area (Å²) in [5, 5.41) is 31.5. The molecule has 0 unspecified atom stereocenters. The van der Waals surface area contributed by atoms with Gasteiger partial charge >= 0.3 is 0 Å². The largest absolute Gasteiger partial charge is 0.507 e. The summed E-state index contributed by atoms with van der Waals surface area (Å²) in [4.78, 5) is 24.9. The van der Waals surface area contributed by atoms with Crippen LogP contribution >= 0.6 is 0 Å². The molecule has 4 rings (SSSR count). The van der Waals surface area contributed by atoms with Gasteiger partial charge in [0.2, 0.25) is 11.8 Å². The third-order valence-electron chi connectivity index (χ3n) is 4.90. The van der Waals surface area contributed by atoms with Crippen LogP contribution < -0.4 is 5.32 Å². The first-order valence-corrected chi connectivity index (χ1v) is 9.85. The van der Waals surface area contributed by atoms with Crippen molar-refractivity contribution < 1.29 is 19.8 Å². The van der Waals surface area contributed by atoms with Crippen molar-refractivity contribution in [2.75, 3.05) is 5.32 Å². The molecule has 3 aromatic carbocycles. The van der Waals surface area contributed by atoms with Crippen molar-refractivity contribution in [1.29, 1.82) is 0 Å². The number of nitrogens with one attached hydrogen (secondary N) is 1. The third-order valence-corrected chi connectivity index (χ3v) is 4.90. The lowest BCUT2D eigenvalue weighted by Crippen LogP contribution is -2.18. The summed E-state index contributed by atoms with van der Waals surface area (Å²) in [6, 6.07) is 20.3. The fourth-order valence-electron chi connectivity index (χ4n) is 3.40. The van der Waals surface area contributed by atoms with E-state index in [2.05, 4.69) is 15.5 Å². The number of para-hydroxylation sites is 2. The Balaban J connectivity index is 1.64. The number of benzene rings is 3. The van der Waals surface area contributed by atoms with Gasteiger partial charge in [-0.2, -0.15) is 0 Å². The molecule has 0 aliphatic carbocycles. The monoisotopic (exact) mass is 428 g/mol. The van der Waals surface area contributed by atoms with E-state index in [1.54, 1.807) is 42.5 Å². The maximum Gasteiger partial charge on any atom is 0.299 e. The average Bonchev–Trinajstić information content (AvgIpc) is 3.03. The highest BCUT2D eigenvalue weighted by molar-refractivity contribution is 5.99. The van der Waals surface area contributed by atoms with E-state index in [9.17, 15) is 19.8 Å². The zero-order chi connectivity index (χ0) is 22.7. The standard InChI is InChI=1S/C24H20N4O4/c1-15-7-6-8-16(13-15)25-21(30)14-28-19-11-4-2-9-17(19)22(24(28)32)26-27-23(31)18-10-3-5-12-20(18)29/h2-13,29,32H,14H2,1H3,(H,25,30). The fourth-order valence-corrected chi connectivity index (χ4v) is 3.40. The molecule has 8 nitrogen and oxygen atoms in total. The zero-order valence-corrected chi connectivity index (χ0v) is 17.2. The molecule has 8 heteroatoms. The molecular formula is C24H20N4O4. The lowest BCUT2D eigenvalue weighted by atomic mass is 10.2. The highest BCUT2D eigenvalue weighted by atomic mass is 16.3. The minimum absolute atomic E-state index is 0.00277. The smallest absolute Gasteiger partial charge is 0.299 e. The van der Waals surface area contributed by atoms with Gasteiger partial charge in [-0.05, 0) is 42.8 Å². The Morgan fingerprint density at radius 3 is 2.50 bits per heavy atom. The predicted octanol–water partition coefficient (Wildman–Crippen LogP) is 4.92. The van der Waals surface area contributed by atoms with E-state index in [-0.39, 0.29) is 35.3 Å². The summed E-state index contributed by atoms with van der Waals surface area (Å²) < 4.78 is 1.40. The SMILES string of the molecule is Cc1cccc(NC(=O)Cn2c(O)c(N=NC(=O)c3ccccc3O)c3ccccc32)c1. The van der Waals surface area contributed by atoms with Crippen LogP contribution in [0.5, 0.6) is 11.6 Å². The molecule has 1 heterocycles. The lowest BCUT2D eigenvalue weighted by molar-refractivity contribution is -0.116. The number of carbonyl (C=O) groups is 2. The van der Waals surface area contributed by atoms with Crippen molar-refractivity contribution >= 4 is 34.1 Å². The fraction of sp³-hybridized carbons (Fsp3) is 0.0833. The summed E-state index contributed by atoms with van der Waals surface area (Å²) in [5.41, 5.74) is 2.28. The number of anilines is 1. The molecule has 0 bridgehead atoms. The molecule has 0 saturated carbocycles. The molecule has 0 fully saturated rings. The van der Waals surface area contributed by atoms with Crippen molar-refractivity contribution in [3.8, 4) is 11.6 Å². The molecule has 1 aromatic heterocycles. The highest BCUT2D eigenvalue weighted by Gasteiger charge is 2.19. The van der Waals surface area contributed by atoms with Crippen LogP contribution in [0.2, 0.25) is 0 Å². The van der Waals surface area contributed by atoms with Crippen LogP contribution in [0.4, 0.5) is 11.4 Å². The summed E-state index contributed by atoms with van der Waals surface area (Å²) >= 11 is 0. The molecule has 0 aliphatic heterocycles. The average molecular weight is 428 g/mol. The highest BCUT2D eigenvalue weighted by Crippen LogP contribution is 2.39. The number of azo groups is 1. The minimum atomic E-state index is -0.753. The number of nitrogens with zero attached hydrogens (tertiary/aromatic N) is 3. The second kappa shape index (κ2) is 8.73. The molecule has 0 aliphatic rings. The van der Waals surface area contributed by atoms with E-state index >= 15 is 0 Å². The maximum atomic E-state index is 12.6. The van der Waals surface area contributed by atoms with Crippen LogP contribution in [0.3, 0.4) is 0 Å². The van der Waals surface area contributed by atoms with Gasteiger partial charge in [-0.3, -0.25) is 9.59 Å². The van der Waals surface area contributed by atoms with Gasteiger partial charge < -0.3 is 20.1 Å². The molecule has 0 atom stereocenters. The van der Waals surface area contributed by atoms with E-state index in [4.69, 9.17) is 0 Å². The predicted molar refractivity (Wildman–Crippen MR) is 120 cm³/mol. The van der Waals surface area contributed by atoms with E-state index in [1.165, 1.54) is 16.7 Å². The van der Waals surface area contributed by atoms with Crippen molar-refractivity contribution in [3.63, 3.8) is 0 Å². The van der Waals surface area contributed by atoms with Gasteiger partial charge in [0.1, 0.15) is 12.3 Å². The molecule has 32 heavy (non-hydrogen) atoms. The molecule has 0 spiro atoms. The Labute approximate surface area is 183 Å². The molecule has 3 N–H and O–H groups in total. The number of hydrogen-bond acceptors (Lipinski definition) is 5. The van der Waals surface area contributed by atoms with Gasteiger partial charge in [-0.1, -0.05) is 42.5 Å². The Morgan fingerprint density at radius 1 is 0.969 bits per heavy atom. The lowest BCUT2D eigenvalue weighted by Gasteiger charge is -2.09. The first-order chi connectivity index (χ1) is 15.4. The Hall–Kier alpha value is -4.46. The molecule has 4 aromatic rings. The number of hydrogen-bond donors (Lipinski definition) is 3. The quantitative estimate of drug-likeness (QED) is 0.391. The van der Waals surface area contributed by atoms with Gasteiger partial charge in [0.15, 0.2) is 5.69 Å². The summed E-state index contributed by atoms with van der Waals surface area (Å²) in [6.07, 6.45) is 0. The van der Waals surface area contributed by atoms with E-state index in [1.807, 2.05) is 25.1 Å². The number of phenols is 1. The van der Waals surface area contributed by atoms with Gasteiger partial charge in [-0.25, -0.2) is 0 Å². The van der Waals surface area contributed by atoms with Crippen LogP contribution in [0.15, 0.2) is 83.0 Å². The van der Waals surface area contributed by atoms with Gasteiger partial charge in [0.05, 0.1) is 11.1 Å². The maximum absolute atomic E-state index is 12.6. The van der Waals surface area contributed by atoms with Crippen molar-refractivity contribution in [2.24, 2.45) is 10.2 Å². The summed E-state index contributed by atoms with van der Waals surface area (Å²) in [7, 11) is 0. The molecular weight excluding hydrogens is 408 g/mol. The second-order valence-electron chi connectivity index (χ2n) is 7.22. The molecule has 160 valence electrons. The number of aryl methyl sites for hydroxylation is 1. The van der Waals surface area contributed by atoms with E-state index in [0.717, 1.165) is 5.56 Å². The first kappa shape index (κ1) is 20.8. The molecule has 2 amide bonds. The zero-order valence-electron chi connectivity index (χ0n) is 17.2. The Morgan fingerprint density at radius 2 is 1.72 bits per heavy atom. The Kier molecular flexibility index (Phi) is 5.67. The third kappa shape index (κ3) is 4.20. The number of fused-ring (bicyclic) bond motifs is 1. The first-order valence-electron chi connectivity index (χ1n) is 9.85. The number of aromatic hydroxyl groups is 2. The van der Waals surface area contributed by atoms with Gasteiger partial charge in [-0.15, -0.1) is 10.2 Å². The number of aromatic nitrogens is 1. The second-order valence-corrected chi connectivity index (χ2v) is 7.22. The van der Waals surface area contributed by atoms with Crippen LogP contribution in [-0.2, 0) is 11.3 Å². The van der Waals surface area contributed by atoms with Crippen LogP contribution in [0.1, 0.15) is 15.9 Å². The normalized spacial score (nSPS) is 11.2. The summed E-state index contributed by atoms with van der Waals surface area (Å²) in [5.74, 6) is -1.59. The molecule has 0 saturated heterocycles. The van der Waals surface area contributed by atoms with Crippen molar-refractivity contribution in [2.45, 2.75) is 13.5 Å². The van der Waals surface area contributed by atoms with Gasteiger partial charge in [0.25, 0.3) is 5.91 Å². The van der Waals surface area contributed by atoms with Crippen molar-refractivity contribution in [1.82, 2.24) is 4.57 Å². The van der Waals surface area contributed by atoms with Crippen LogP contribution in [-0.4, -0.2) is 26.6 Å². The topological polar surface area (TPSA) is 116 Å². The molecule has 0 radical (unpaired) electrons. The Bertz CT molecular complexity index is 1360.